The average Bonchev–Trinajstić information content (AvgIpc) is 1.88. The van der Waals surface area contributed by atoms with Gasteiger partial charge in [-0.3, -0.25) is 9.59 Å². The van der Waals surface area contributed by atoms with Gasteiger partial charge in [-0.2, -0.15) is 0 Å². The predicted molar refractivity (Wildman–Crippen MR) is 282 cm³/mol. The van der Waals surface area contributed by atoms with Crippen LogP contribution in [0.1, 0.15) is 120 Å². The molecule has 4 saturated carbocycles. The second-order valence-corrected chi connectivity index (χ2v) is 26.8. The van der Waals surface area contributed by atoms with Crippen LogP contribution < -0.4 is 0 Å². The first-order valence-corrected chi connectivity index (χ1v) is 29.4. The van der Waals surface area contributed by atoms with E-state index in [4.69, 9.17) is 47.7 Å². The molecule has 4 saturated heterocycles. The van der Waals surface area contributed by atoms with Crippen molar-refractivity contribution in [1.29, 1.82) is 0 Å². The predicted octanol–water partition coefficient (Wildman–Crippen LogP) is -2.18. The number of rotatable bonds is 19. The van der Waals surface area contributed by atoms with Crippen molar-refractivity contribution in [1.82, 2.24) is 0 Å². The van der Waals surface area contributed by atoms with Crippen LogP contribution in [0.25, 0.3) is 0 Å². The first kappa shape index (κ1) is 66.7. The second kappa shape index (κ2) is 25.7. The Bertz CT molecular complexity index is 2240. The molecular formula is C57H94O26. The monoisotopic (exact) mass is 1190 g/mol. The van der Waals surface area contributed by atoms with Gasteiger partial charge >= 0.3 is 11.9 Å². The zero-order valence-electron chi connectivity index (χ0n) is 48.7. The Kier molecular flexibility index (Phi) is 20.7. The van der Waals surface area contributed by atoms with Gasteiger partial charge in [0.25, 0.3) is 0 Å². The van der Waals surface area contributed by atoms with Gasteiger partial charge in [0.2, 0.25) is 0 Å². The number of hydrogen-bond donors (Lipinski definition) is 15. The summed E-state index contributed by atoms with van der Waals surface area (Å²) in [5.41, 5.74) is -1.86. The molecule has 0 radical (unpaired) electrons. The minimum Gasteiger partial charge on any atom is -0.481 e. The normalized spacial score (nSPS) is 49.6. The lowest BCUT2D eigenvalue weighted by atomic mass is 9.35. The first-order valence-electron chi connectivity index (χ1n) is 29.4. The lowest BCUT2D eigenvalue weighted by Gasteiger charge is -2.71. The SMILES string of the molecule is CC(C)=CCC[C@](C)(O[C@@H]1O[C@H](CO[C@@H]2O[C@H](CO)[C@@H](O)[C@H](O)[C@H]2O)[C@@H](O)[C@H](O)[C@H]1O)[C@H]1CC[C@]2(C)[C@@H]1[C@H](O)C[C@@H]1[C@@]3(C)CC[C@H](O[C@@H]4O[C@H](CO)[C@@H](O)[C@H](O)[C@H]4O[C@@H]4O[C@H](CO)[C@@H](O)[C@H](OC(=O)CC(=O)O)[C@H]4O)C(C)(C)[C@@H]3CC[C@]12C. The van der Waals surface area contributed by atoms with Crippen molar-refractivity contribution in [3.05, 3.63) is 11.6 Å². The van der Waals surface area contributed by atoms with Crippen LogP contribution >= 0.6 is 0 Å². The summed E-state index contributed by atoms with van der Waals surface area (Å²) in [5, 5.41) is 162. The fraction of sp³-hybridized carbons (Fsp3) is 0.930. The van der Waals surface area contributed by atoms with Crippen LogP contribution in [0.5, 0.6) is 0 Å². The fourth-order valence-corrected chi connectivity index (χ4v) is 16.7. The number of allylic oxidation sites excluding steroid dienone is 2. The van der Waals surface area contributed by atoms with Crippen molar-refractivity contribution in [2.75, 3.05) is 26.4 Å². The molecule has 26 heteroatoms. The molecular weight excluding hydrogens is 1100 g/mol. The molecule has 8 fully saturated rings. The Morgan fingerprint density at radius 3 is 1.76 bits per heavy atom. The number of carbonyl (C=O) groups is 2. The number of carboxylic acid groups (broad SMARTS) is 1. The van der Waals surface area contributed by atoms with Gasteiger partial charge in [-0.25, -0.2) is 0 Å². The maximum Gasteiger partial charge on any atom is 0.317 e. The van der Waals surface area contributed by atoms with Crippen LogP contribution in [-0.4, -0.2) is 256 Å². The average molecular weight is 1200 g/mol. The Labute approximate surface area is 483 Å². The highest BCUT2D eigenvalue weighted by atomic mass is 16.8. The van der Waals surface area contributed by atoms with Crippen molar-refractivity contribution < 1.29 is 129 Å². The third-order valence-electron chi connectivity index (χ3n) is 21.4. The zero-order chi connectivity index (χ0) is 61.2. The molecule has 0 spiro atoms. The number of aliphatic hydroxyl groups is 14. The highest BCUT2D eigenvalue weighted by Crippen LogP contribution is 2.76. The summed E-state index contributed by atoms with van der Waals surface area (Å²) in [4.78, 5) is 23.6. The molecule has 26 nitrogen and oxygen atoms in total. The third-order valence-corrected chi connectivity index (χ3v) is 21.4. The summed E-state index contributed by atoms with van der Waals surface area (Å²) in [6.07, 6.45) is -28.4. The van der Waals surface area contributed by atoms with E-state index in [1.807, 2.05) is 20.8 Å². The minimum absolute atomic E-state index is 0.0125. The van der Waals surface area contributed by atoms with E-state index < -0.39 is 196 Å². The molecule has 0 aromatic heterocycles. The van der Waals surface area contributed by atoms with Gasteiger partial charge in [0.15, 0.2) is 31.3 Å². The van der Waals surface area contributed by atoms with Gasteiger partial charge in [-0.15, -0.1) is 0 Å². The highest BCUT2D eigenvalue weighted by Gasteiger charge is 2.72. The smallest absolute Gasteiger partial charge is 0.317 e. The van der Waals surface area contributed by atoms with E-state index in [0.717, 1.165) is 24.8 Å². The highest BCUT2D eigenvalue weighted by molar-refractivity contribution is 5.90. The van der Waals surface area contributed by atoms with Crippen molar-refractivity contribution in [3.63, 3.8) is 0 Å². The molecule has 8 rings (SSSR count). The van der Waals surface area contributed by atoms with E-state index in [-0.39, 0.29) is 34.5 Å². The summed E-state index contributed by atoms with van der Waals surface area (Å²) < 4.78 is 54.2. The maximum atomic E-state index is 12.9. The van der Waals surface area contributed by atoms with Crippen LogP contribution in [0.2, 0.25) is 0 Å². The summed E-state index contributed by atoms with van der Waals surface area (Å²) >= 11 is 0. The number of esters is 1. The minimum atomic E-state index is -2.01. The van der Waals surface area contributed by atoms with Gasteiger partial charge in [0.05, 0.1) is 44.2 Å². The third kappa shape index (κ3) is 12.3. The number of carboxylic acids is 1. The molecule has 15 N–H and O–H groups in total. The van der Waals surface area contributed by atoms with Crippen LogP contribution in [-0.2, 0) is 52.2 Å². The Morgan fingerprint density at radius 1 is 0.590 bits per heavy atom. The molecule has 8 aliphatic rings. The summed E-state index contributed by atoms with van der Waals surface area (Å²) in [7, 11) is 0. The van der Waals surface area contributed by atoms with Gasteiger partial charge in [-0.1, -0.05) is 46.3 Å². The van der Waals surface area contributed by atoms with E-state index in [2.05, 4.69) is 40.7 Å². The number of hydrogen-bond acceptors (Lipinski definition) is 25. The number of ether oxygens (including phenoxy) is 9. The molecule has 0 amide bonds. The fourth-order valence-electron chi connectivity index (χ4n) is 16.7. The quantitative estimate of drug-likeness (QED) is 0.0283. The maximum absolute atomic E-state index is 12.9. The Balaban J connectivity index is 1.01. The van der Waals surface area contributed by atoms with Crippen molar-refractivity contribution in [2.45, 2.75) is 260 Å². The lowest BCUT2D eigenvalue weighted by Crippen LogP contribution is -2.68. The van der Waals surface area contributed by atoms with Crippen LogP contribution in [0, 0.1) is 45.3 Å². The van der Waals surface area contributed by atoms with Crippen molar-refractivity contribution in [2.24, 2.45) is 45.3 Å². The van der Waals surface area contributed by atoms with E-state index in [1.165, 1.54) is 0 Å². The van der Waals surface area contributed by atoms with E-state index >= 15 is 0 Å². The second-order valence-electron chi connectivity index (χ2n) is 26.8. The topological polar surface area (TPSA) is 421 Å². The standard InChI is InChI=1S/C57H94O26/c1-24(2)10-9-14-57(8,83-51-45(73)42(70)39(67)30(79-51)23-75-49-44(72)41(69)37(65)27(20-58)76-49)25-11-16-56(7)36(25)26(61)18-32-54(5)15-13-33(53(3,4)31(54)12-17-55(32,56)6)80-52-48(43(71)38(66)28(21-59)78-52)82-50-46(74)47(40(68)29(22-60)77-50)81-35(64)19-34(62)63/h10,25-33,36-52,58-61,65-74H,9,11-23H2,1-8H3,(H,62,63)/t25-,26+,27+,28+,29+,30+,31-,32+,33-,36-,37+,38+,39+,40+,41-,42-,43-,44+,45+,46+,47-,48+,49+,50-,51-,52-,54-,55+,56+,57-/m0/s1. The van der Waals surface area contributed by atoms with Crippen LogP contribution in [0.15, 0.2) is 11.6 Å². The zero-order valence-corrected chi connectivity index (χ0v) is 48.7. The molecule has 0 aromatic carbocycles. The van der Waals surface area contributed by atoms with Gasteiger partial charge in [-0.05, 0) is 124 Å². The summed E-state index contributed by atoms with van der Waals surface area (Å²) in [6, 6.07) is 0. The number of fused-ring (bicyclic) bond motifs is 5. The summed E-state index contributed by atoms with van der Waals surface area (Å²) in [5.74, 6) is -3.51. The molecule has 4 aliphatic heterocycles. The molecule has 83 heavy (non-hydrogen) atoms. The van der Waals surface area contributed by atoms with E-state index in [0.29, 0.717) is 38.5 Å². The lowest BCUT2D eigenvalue weighted by molar-refractivity contribution is -0.378. The van der Waals surface area contributed by atoms with Gasteiger partial charge < -0.3 is 119 Å². The molecule has 478 valence electrons. The largest absolute Gasteiger partial charge is 0.481 e. The van der Waals surface area contributed by atoms with Crippen molar-refractivity contribution in [3.8, 4) is 0 Å². The van der Waals surface area contributed by atoms with Crippen LogP contribution in [0.3, 0.4) is 0 Å². The molecule has 0 bridgehead atoms. The van der Waals surface area contributed by atoms with Gasteiger partial charge in [0, 0.05) is 0 Å². The van der Waals surface area contributed by atoms with E-state index in [9.17, 15) is 81.1 Å². The van der Waals surface area contributed by atoms with Crippen LogP contribution in [0.4, 0.5) is 0 Å². The molecule has 30 atom stereocenters. The molecule has 0 unspecified atom stereocenters. The molecule has 0 aromatic rings. The summed E-state index contributed by atoms with van der Waals surface area (Å²) in [6.45, 7) is 14.1. The molecule has 4 heterocycles. The number of aliphatic hydroxyl groups excluding tert-OH is 14. The van der Waals surface area contributed by atoms with Crippen molar-refractivity contribution >= 4 is 11.9 Å². The number of carbonyl (C=O) groups excluding carboxylic acids is 1. The Morgan fingerprint density at radius 2 is 1.14 bits per heavy atom. The Hall–Kier alpha value is -2.20. The first-order chi connectivity index (χ1) is 38.8. The van der Waals surface area contributed by atoms with E-state index in [1.54, 1.807) is 0 Å². The number of aliphatic carboxylic acids is 1. The molecule has 4 aliphatic carbocycles. The van der Waals surface area contributed by atoms with Gasteiger partial charge in [0.1, 0.15) is 98.0 Å².